The summed E-state index contributed by atoms with van der Waals surface area (Å²) in [4.78, 5) is 12.1. The molecule has 0 aromatic heterocycles. The summed E-state index contributed by atoms with van der Waals surface area (Å²) >= 11 is 5.84. The standard InChI is InChI=1S/C18H17ClN2O3/c19-12-1-3-13(4-2-12)21-18(22)20-10-15-14-6-8-23-16(14)9-11-5-7-24-17(11)15/h1-4,9H,5-8,10H2,(H2,20,21,22). The summed E-state index contributed by atoms with van der Waals surface area (Å²) in [5.41, 5.74) is 4.02. The van der Waals surface area contributed by atoms with E-state index < -0.39 is 0 Å². The van der Waals surface area contributed by atoms with Gasteiger partial charge in [-0.05, 0) is 30.3 Å². The van der Waals surface area contributed by atoms with Crippen molar-refractivity contribution in [2.75, 3.05) is 18.5 Å². The van der Waals surface area contributed by atoms with Gasteiger partial charge in [-0.2, -0.15) is 0 Å². The molecule has 2 aromatic rings. The number of amides is 2. The number of anilines is 1. The minimum Gasteiger partial charge on any atom is -0.493 e. The van der Waals surface area contributed by atoms with E-state index in [2.05, 4.69) is 16.7 Å². The lowest BCUT2D eigenvalue weighted by molar-refractivity contribution is 0.251. The Balaban J connectivity index is 1.48. The molecule has 124 valence electrons. The summed E-state index contributed by atoms with van der Waals surface area (Å²) in [7, 11) is 0. The number of nitrogens with one attached hydrogen (secondary N) is 2. The molecule has 0 fully saturated rings. The number of ether oxygens (including phenoxy) is 2. The molecule has 0 aliphatic carbocycles. The second kappa shape index (κ2) is 6.24. The van der Waals surface area contributed by atoms with Gasteiger partial charge in [-0.25, -0.2) is 4.79 Å². The maximum Gasteiger partial charge on any atom is 0.319 e. The number of hydrogen-bond donors (Lipinski definition) is 2. The number of rotatable bonds is 3. The van der Waals surface area contributed by atoms with Crippen molar-refractivity contribution in [1.29, 1.82) is 0 Å². The SMILES string of the molecule is O=C(NCc1c2c(cc3c1OCC3)OCC2)Nc1ccc(Cl)cc1. The molecule has 0 spiro atoms. The van der Waals surface area contributed by atoms with Crippen LogP contribution in [0, 0.1) is 0 Å². The molecule has 2 amide bonds. The summed E-state index contributed by atoms with van der Waals surface area (Å²) in [5, 5.41) is 6.33. The normalized spacial score (nSPS) is 14.4. The third kappa shape index (κ3) is 2.87. The third-order valence-electron chi connectivity index (χ3n) is 4.29. The predicted octanol–water partition coefficient (Wildman–Crippen LogP) is 3.53. The highest BCUT2D eigenvalue weighted by Gasteiger charge is 2.26. The summed E-state index contributed by atoms with van der Waals surface area (Å²) in [6.45, 7) is 1.78. The van der Waals surface area contributed by atoms with Crippen LogP contribution in [-0.4, -0.2) is 19.2 Å². The zero-order chi connectivity index (χ0) is 16.5. The highest BCUT2D eigenvalue weighted by atomic mass is 35.5. The Kier molecular flexibility index (Phi) is 3.94. The molecule has 0 bridgehead atoms. The van der Waals surface area contributed by atoms with Crippen LogP contribution in [-0.2, 0) is 19.4 Å². The Morgan fingerprint density at radius 3 is 2.75 bits per heavy atom. The zero-order valence-corrected chi connectivity index (χ0v) is 13.8. The molecule has 2 aliphatic heterocycles. The molecule has 0 unspecified atom stereocenters. The molecule has 5 nitrogen and oxygen atoms in total. The number of carbonyl (C=O) groups is 1. The monoisotopic (exact) mass is 344 g/mol. The van der Waals surface area contributed by atoms with Crippen molar-refractivity contribution >= 4 is 23.3 Å². The highest BCUT2D eigenvalue weighted by molar-refractivity contribution is 6.30. The summed E-state index contributed by atoms with van der Waals surface area (Å²) in [6.07, 6.45) is 1.73. The first-order valence-electron chi connectivity index (χ1n) is 7.94. The second-order valence-electron chi connectivity index (χ2n) is 5.83. The van der Waals surface area contributed by atoms with Crippen molar-refractivity contribution in [1.82, 2.24) is 5.32 Å². The lowest BCUT2D eigenvalue weighted by Gasteiger charge is -2.14. The molecule has 2 N–H and O–H groups in total. The minimum atomic E-state index is -0.263. The smallest absolute Gasteiger partial charge is 0.319 e. The van der Waals surface area contributed by atoms with Crippen molar-refractivity contribution in [2.45, 2.75) is 19.4 Å². The Morgan fingerprint density at radius 1 is 1.12 bits per heavy atom. The van der Waals surface area contributed by atoms with Crippen molar-refractivity contribution < 1.29 is 14.3 Å². The molecule has 2 aliphatic rings. The fourth-order valence-corrected chi connectivity index (χ4v) is 3.28. The van der Waals surface area contributed by atoms with Crippen LogP contribution >= 0.6 is 11.6 Å². The fourth-order valence-electron chi connectivity index (χ4n) is 3.15. The quantitative estimate of drug-likeness (QED) is 0.895. The van der Waals surface area contributed by atoms with Gasteiger partial charge in [-0.3, -0.25) is 0 Å². The van der Waals surface area contributed by atoms with E-state index in [-0.39, 0.29) is 6.03 Å². The van der Waals surface area contributed by atoms with E-state index in [9.17, 15) is 4.79 Å². The van der Waals surface area contributed by atoms with Crippen molar-refractivity contribution in [3.8, 4) is 11.5 Å². The van der Waals surface area contributed by atoms with Crippen LogP contribution in [0.4, 0.5) is 10.5 Å². The number of urea groups is 1. The number of carbonyl (C=O) groups excluding carboxylic acids is 1. The molecule has 24 heavy (non-hydrogen) atoms. The topological polar surface area (TPSA) is 59.6 Å². The van der Waals surface area contributed by atoms with Gasteiger partial charge in [0.2, 0.25) is 0 Å². The van der Waals surface area contributed by atoms with E-state index in [1.165, 1.54) is 0 Å². The van der Waals surface area contributed by atoms with Gasteiger partial charge in [0.25, 0.3) is 0 Å². The average Bonchev–Trinajstić information content (AvgIpc) is 3.22. The lowest BCUT2D eigenvalue weighted by atomic mass is 9.99. The predicted molar refractivity (Wildman–Crippen MR) is 92.2 cm³/mol. The summed E-state index contributed by atoms with van der Waals surface area (Å²) < 4.78 is 11.5. The van der Waals surface area contributed by atoms with Gasteiger partial charge in [0.1, 0.15) is 11.5 Å². The first-order chi connectivity index (χ1) is 11.7. The van der Waals surface area contributed by atoms with Gasteiger partial charge < -0.3 is 20.1 Å². The summed E-state index contributed by atoms with van der Waals surface area (Å²) in [6, 6.07) is 8.80. The molecule has 0 atom stereocenters. The van der Waals surface area contributed by atoms with E-state index in [4.69, 9.17) is 21.1 Å². The van der Waals surface area contributed by atoms with Crippen LogP contribution < -0.4 is 20.1 Å². The summed E-state index contributed by atoms with van der Waals surface area (Å²) in [5.74, 6) is 1.83. The fraction of sp³-hybridized carbons (Fsp3) is 0.278. The van der Waals surface area contributed by atoms with Crippen LogP contribution in [0.3, 0.4) is 0 Å². The van der Waals surface area contributed by atoms with E-state index in [1.807, 2.05) is 0 Å². The average molecular weight is 345 g/mol. The van der Waals surface area contributed by atoms with Gasteiger partial charge in [-0.15, -0.1) is 0 Å². The van der Waals surface area contributed by atoms with Gasteiger partial charge in [0.15, 0.2) is 0 Å². The molecule has 0 saturated carbocycles. The molecule has 2 heterocycles. The first-order valence-corrected chi connectivity index (χ1v) is 8.32. The minimum absolute atomic E-state index is 0.263. The van der Waals surface area contributed by atoms with E-state index in [0.29, 0.717) is 30.5 Å². The molecule has 6 heteroatoms. The molecule has 0 saturated heterocycles. The molecular weight excluding hydrogens is 328 g/mol. The molecule has 2 aromatic carbocycles. The van der Waals surface area contributed by atoms with Crippen LogP contribution in [0.15, 0.2) is 30.3 Å². The van der Waals surface area contributed by atoms with E-state index >= 15 is 0 Å². The van der Waals surface area contributed by atoms with Crippen molar-refractivity contribution in [3.05, 3.63) is 52.0 Å². The molecular formula is C18H17ClN2O3. The lowest BCUT2D eigenvalue weighted by Crippen LogP contribution is -2.28. The van der Waals surface area contributed by atoms with Crippen LogP contribution in [0.1, 0.15) is 16.7 Å². The maximum atomic E-state index is 12.1. The zero-order valence-electron chi connectivity index (χ0n) is 13.0. The van der Waals surface area contributed by atoms with Gasteiger partial charge in [0.05, 0.1) is 13.2 Å². The van der Waals surface area contributed by atoms with Crippen LogP contribution in [0.25, 0.3) is 0 Å². The van der Waals surface area contributed by atoms with Crippen molar-refractivity contribution in [2.24, 2.45) is 0 Å². The number of fused-ring (bicyclic) bond motifs is 2. The molecule has 0 radical (unpaired) electrons. The number of halogens is 1. The highest BCUT2D eigenvalue weighted by Crippen LogP contribution is 2.40. The maximum absolute atomic E-state index is 12.1. The second-order valence-corrected chi connectivity index (χ2v) is 6.27. The number of benzene rings is 2. The van der Waals surface area contributed by atoms with Crippen LogP contribution in [0.2, 0.25) is 5.02 Å². The Bertz CT molecular complexity index is 758. The number of hydrogen-bond acceptors (Lipinski definition) is 3. The van der Waals surface area contributed by atoms with E-state index in [0.717, 1.165) is 41.0 Å². The van der Waals surface area contributed by atoms with Gasteiger partial charge in [-0.1, -0.05) is 11.6 Å². The third-order valence-corrected chi connectivity index (χ3v) is 4.54. The Hall–Kier alpha value is -2.40. The van der Waals surface area contributed by atoms with E-state index in [1.54, 1.807) is 24.3 Å². The Labute approximate surface area is 144 Å². The van der Waals surface area contributed by atoms with Crippen LogP contribution in [0.5, 0.6) is 11.5 Å². The van der Waals surface area contributed by atoms with Crippen molar-refractivity contribution in [3.63, 3.8) is 0 Å². The first kappa shape index (κ1) is 15.1. The van der Waals surface area contributed by atoms with Gasteiger partial charge >= 0.3 is 6.03 Å². The largest absolute Gasteiger partial charge is 0.493 e. The Morgan fingerprint density at radius 2 is 1.92 bits per heavy atom. The molecule has 4 rings (SSSR count). The van der Waals surface area contributed by atoms with Gasteiger partial charge in [0, 0.05) is 46.8 Å².